The molecule has 3 aliphatic rings. The first kappa shape index (κ1) is 38.4. The van der Waals surface area contributed by atoms with Crippen molar-refractivity contribution in [2.75, 3.05) is 6.54 Å². The number of hydrogen-bond acceptors (Lipinski definition) is 8. The minimum Gasteiger partial charge on any atom is -0.479 e. The molecule has 54 heavy (non-hydrogen) atoms. The zero-order valence-electron chi connectivity index (χ0n) is 30.3. The maximum Gasteiger partial charge on any atom is 0.408 e. The van der Waals surface area contributed by atoms with Gasteiger partial charge in [-0.3, -0.25) is 9.59 Å². The van der Waals surface area contributed by atoms with Crippen LogP contribution in [0.4, 0.5) is 18.0 Å². The number of carbonyl (C=O) groups excluding carboxylic acids is 3. The Morgan fingerprint density at radius 2 is 1.78 bits per heavy atom. The Balaban J connectivity index is 1.26. The van der Waals surface area contributed by atoms with Gasteiger partial charge < -0.3 is 25.4 Å². The number of carboxylic acids is 1. The summed E-state index contributed by atoms with van der Waals surface area (Å²) in [7, 11) is 0. The maximum atomic E-state index is 14.3. The first-order chi connectivity index (χ1) is 25.5. The van der Waals surface area contributed by atoms with Crippen molar-refractivity contribution < 1.29 is 42.2 Å². The van der Waals surface area contributed by atoms with E-state index in [4.69, 9.17) is 4.74 Å². The molecule has 1 aromatic heterocycles. The first-order valence-corrected chi connectivity index (χ1v) is 18.1. The van der Waals surface area contributed by atoms with Crippen LogP contribution in [0.1, 0.15) is 77.3 Å². The number of alkyl halides is 3. The summed E-state index contributed by atoms with van der Waals surface area (Å²) in [4.78, 5) is 56.3. The number of nitrogens with zero attached hydrogens (tertiary/aromatic N) is 5. The molecule has 0 radical (unpaired) electrons. The van der Waals surface area contributed by atoms with E-state index < -0.39 is 65.7 Å². The zero-order valence-corrected chi connectivity index (χ0v) is 30.3. The van der Waals surface area contributed by atoms with Crippen LogP contribution in [0.25, 0.3) is 22.5 Å². The minimum absolute atomic E-state index is 0.0209. The number of benzene rings is 2. The highest BCUT2D eigenvalue weighted by Gasteiger charge is 2.61. The molecular formula is C38H44F3N7O6. The smallest absolute Gasteiger partial charge is 0.408 e. The number of carboxylic acid groups (broad SMARTS) is 1. The molecule has 1 saturated carbocycles. The van der Waals surface area contributed by atoms with Gasteiger partial charge in [0, 0.05) is 24.4 Å². The van der Waals surface area contributed by atoms with E-state index in [1.165, 1.54) is 21.8 Å². The molecule has 6 rings (SSSR count). The standard InChI is InChI=1S/C38H44F3N7O6/c1-36(2,3)54-35(53)42-29-13-8-6-4-5-7-12-27-21-37(27,34(51)52)43-32(49)30-19-28(22-47(30)33(29)50)48-45-31(44-46-48)26-11-9-10-25(18-26)24-16-14-23(15-17-24)20-38(39,40)41/h7,9-12,14-18,27-30H,4-6,8,13,19-22H2,1-3H3,(H,42,53)(H,43,49)(H,51,52)/b12-7-/t27-,28-,29+,30-,37-/m0/s1. The average molecular weight is 752 g/mol. The van der Waals surface area contributed by atoms with Crippen molar-refractivity contribution in [2.45, 2.75) is 108 Å². The number of fused-ring (bicyclic) bond motifs is 2. The summed E-state index contributed by atoms with van der Waals surface area (Å²) in [6.07, 6.45) is 1.12. The summed E-state index contributed by atoms with van der Waals surface area (Å²) in [5.74, 6) is -2.45. The number of nitrogens with one attached hydrogen (secondary N) is 2. The summed E-state index contributed by atoms with van der Waals surface area (Å²) in [5.41, 5.74) is -0.156. The van der Waals surface area contributed by atoms with E-state index in [1.54, 1.807) is 51.1 Å². The van der Waals surface area contributed by atoms with Crippen molar-refractivity contribution >= 4 is 23.9 Å². The Hall–Kier alpha value is -5.28. The van der Waals surface area contributed by atoms with Gasteiger partial charge in [-0.05, 0) is 74.4 Å². The second kappa shape index (κ2) is 15.2. The van der Waals surface area contributed by atoms with Gasteiger partial charge in [0.2, 0.25) is 17.6 Å². The van der Waals surface area contributed by atoms with E-state index in [1.807, 2.05) is 18.2 Å². The van der Waals surface area contributed by atoms with Crippen LogP contribution in [0.5, 0.6) is 0 Å². The number of carbonyl (C=O) groups is 4. The lowest BCUT2D eigenvalue weighted by Gasteiger charge is -2.30. The quantitative estimate of drug-likeness (QED) is 0.271. The number of aromatic nitrogens is 4. The molecule has 2 aliphatic heterocycles. The van der Waals surface area contributed by atoms with Crippen LogP contribution >= 0.6 is 0 Å². The molecule has 1 saturated heterocycles. The highest BCUT2D eigenvalue weighted by Crippen LogP contribution is 2.45. The maximum absolute atomic E-state index is 14.3. The molecule has 1 aliphatic carbocycles. The summed E-state index contributed by atoms with van der Waals surface area (Å²) < 4.78 is 44.0. The van der Waals surface area contributed by atoms with Gasteiger partial charge in [0.05, 0.1) is 12.5 Å². The Labute approximate surface area is 310 Å². The number of ether oxygens (including phenoxy) is 1. The highest BCUT2D eigenvalue weighted by molar-refractivity contribution is 5.96. The normalized spacial score (nSPS) is 25.7. The van der Waals surface area contributed by atoms with Gasteiger partial charge in [0.25, 0.3) is 0 Å². The lowest BCUT2D eigenvalue weighted by molar-refractivity contribution is -0.145. The molecule has 13 nitrogen and oxygen atoms in total. The summed E-state index contributed by atoms with van der Waals surface area (Å²) >= 11 is 0. The molecule has 16 heteroatoms. The van der Waals surface area contributed by atoms with E-state index in [-0.39, 0.29) is 36.7 Å². The minimum atomic E-state index is -4.31. The number of amides is 3. The molecule has 3 N–H and O–H groups in total. The molecular weight excluding hydrogens is 707 g/mol. The Morgan fingerprint density at radius 3 is 2.48 bits per heavy atom. The first-order valence-electron chi connectivity index (χ1n) is 18.1. The molecule has 2 fully saturated rings. The van der Waals surface area contributed by atoms with Crippen LogP contribution in [0.3, 0.4) is 0 Å². The van der Waals surface area contributed by atoms with E-state index in [0.29, 0.717) is 30.4 Å². The zero-order chi connectivity index (χ0) is 38.8. The number of aliphatic carboxylic acids is 1. The molecule has 3 amide bonds. The third-order valence-electron chi connectivity index (χ3n) is 9.90. The predicted octanol–water partition coefficient (Wildman–Crippen LogP) is 5.63. The fourth-order valence-electron chi connectivity index (χ4n) is 7.07. The molecule has 288 valence electrons. The van der Waals surface area contributed by atoms with Gasteiger partial charge in [0.15, 0.2) is 0 Å². The van der Waals surface area contributed by atoms with Gasteiger partial charge >= 0.3 is 18.2 Å². The highest BCUT2D eigenvalue weighted by atomic mass is 19.4. The molecule has 0 spiro atoms. The topological polar surface area (TPSA) is 169 Å². The fraction of sp³-hybridized carbons (Fsp3) is 0.500. The summed E-state index contributed by atoms with van der Waals surface area (Å²) in [6, 6.07) is 10.5. The van der Waals surface area contributed by atoms with Crippen LogP contribution in [0.2, 0.25) is 0 Å². The SMILES string of the molecule is CC(C)(C)OC(=O)N[C@@H]1CCCCC/C=C\[C@H]2C[C@]2(C(=O)O)NC(=O)[C@@H]2C[C@H](n3nnc(-c4cccc(-c5ccc(CC(F)(F)F)cc5)c4)n3)CN2C1=O. The number of allylic oxidation sites excluding steroid dienone is 1. The van der Waals surface area contributed by atoms with Crippen LogP contribution in [0, 0.1) is 5.92 Å². The van der Waals surface area contributed by atoms with E-state index in [9.17, 15) is 37.5 Å². The largest absolute Gasteiger partial charge is 0.479 e. The lowest BCUT2D eigenvalue weighted by atomic mass is 10.0. The monoisotopic (exact) mass is 751 g/mol. The van der Waals surface area contributed by atoms with Gasteiger partial charge in [-0.1, -0.05) is 67.5 Å². The van der Waals surface area contributed by atoms with Gasteiger partial charge in [-0.15, -0.1) is 10.2 Å². The predicted molar refractivity (Wildman–Crippen MR) is 190 cm³/mol. The van der Waals surface area contributed by atoms with Gasteiger partial charge in [-0.25, -0.2) is 9.59 Å². The molecule has 3 heterocycles. The summed E-state index contributed by atoms with van der Waals surface area (Å²) in [5, 5.41) is 28.7. The molecule has 5 atom stereocenters. The van der Waals surface area contributed by atoms with Crippen LogP contribution in [0.15, 0.2) is 60.7 Å². The van der Waals surface area contributed by atoms with Crippen molar-refractivity contribution in [3.05, 3.63) is 66.2 Å². The number of halogens is 3. The molecule has 2 aromatic carbocycles. The van der Waals surface area contributed by atoms with Gasteiger partial charge in [0.1, 0.15) is 23.2 Å². The molecule has 0 unspecified atom stereocenters. The van der Waals surface area contributed by atoms with Crippen molar-refractivity contribution in [3.63, 3.8) is 0 Å². The second-order valence-electron chi connectivity index (χ2n) is 15.2. The fourth-order valence-corrected chi connectivity index (χ4v) is 7.07. The van der Waals surface area contributed by atoms with Crippen molar-refractivity contribution in [1.29, 1.82) is 0 Å². The summed E-state index contributed by atoms with van der Waals surface area (Å²) in [6.45, 7) is 5.11. The Morgan fingerprint density at radius 1 is 1.04 bits per heavy atom. The van der Waals surface area contributed by atoms with Crippen molar-refractivity contribution in [2.24, 2.45) is 5.92 Å². The second-order valence-corrected chi connectivity index (χ2v) is 15.2. The Bertz CT molecular complexity index is 1910. The van der Waals surface area contributed by atoms with E-state index >= 15 is 0 Å². The van der Waals surface area contributed by atoms with Crippen LogP contribution in [-0.4, -0.2) is 90.0 Å². The van der Waals surface area contributed by atoms with E-state index in [2.05, 4.69) is 26.0 Å². The number of rotatable bonds is 6. The lowest BCUT2D eigenvalue weighted by Crippen LogP contribution is -2.56. The van der Waals surface area contributed by atoms with Crippen LogP contribution < -0.4 is 10.6 Å². The van der Waals surface area contributed by atoms with Gasteiger partial charge in [-0.2, -0.15) is 18.0 Å². The van der Waals surface area contributed by atoms with Crippen LogP contribution in [-0.2, 0) is 25.5 Å². The van der Waals surface area contributed by atoms with Crippen molar-refractivity contribution in [3.8, 4) is 22.5 Å². The third kappa shape index (κ3) is 9.08. The molecule has 3 aromatic rings. The average Bonchev–Trinajstić information content (AvgIpc) is 3.40. The van der Waals surface area contributed by atoms with Crippen molar-refractivity contribution in [1.82, 2.24) is 35.7 Å². The number of alkyl carbamates (subject to hydrolysis) is 1. The number of tetrazole rings is 1. The Kier molecular flexibility index (Phi) is 10.8. The van der Waals surface area contributed by atoms with E-state index in [0.717, 1.165) is 18.4 Å². The number of hydrogen-bond donors (Lipinski definition) is 3. The third-order valence-corrected chi connectivity index (χ3v) is 9.90. The molecule has 0 bridgehead atoms.